The summed E-state index contributed by atoms with van der Waals surface area (Å²) in [4.78, 5) is 13.4. The van der Waals surface area contributed by atoms with E-state index in [1.54, 1.807) is 12.1 Å². The summed E-state index contributed by atoms with van der Waals surface area (Å²) >= 11 is 0. The number of ether oxygens (including phenoxy) is 3. The van der Waals surface area contributed by atoms with Crippen molar-refractivity contribution in [2.75, 3.05) is 13.2 Å². The lowest BCUT2D eigenvalue weighted by Crippen LogP contribution is -2.05. The van der Waals surface area contributed by atoms with Gasteiger partial charge in [-0.2, -0.15) is 0 Å². The number of nitro benzene ring substituents is 1. The number of hydrogen-bond acceptors (Lipinski definition) is 6. The maximum Gasteiger partial charge on any atom is 0.273 e. The molecule has 0 aliphatic carbocycles. The third kappa shape index (κ3) is 5.77. The number of hydrogen-bond donors (Lipinski definition) is 0. The molecule has 0 aromatic heterocycles. The Bertz CT molecular complexity index is 1070. The minimum Gasteiger partial charge on any atom is -0.493 e. The van der Waals surface area contributed by atoms with Crippen LogP contribution in [0.25, 0.3) is 16.0 Å². The number of nitro groups is 1. The van der Waals surface area contributed by atoms with E-state index in [-0.39, 0.29) is 12.3 Å². The zero-order valence-electron chi connectivity index (χ0n) is 17.1. The van der Waals surface area contributed by atoms with Gasteiger partial charge in [0.15, 0.2) is 0 Å². The predicted octanol–water partition coefficient (Wildman–Crippen LogP) is 5.95. The van der Waals surface area contributed by atoms with Crippen molar-refractivity contribution in [1.29, 1.82) is 0 Å². The molecule has 9 nitrogen and oxygen atoms in total. The van der Waals surface area contributed by atoms with E-state index in [1.807, 2.05) is 25.1 Å². The van der Waals surface area contributed by atoms with Crippen LogP contribution in [0, 0.1) is 10.1 Å². The minimum atomic E-state index is -0.470. The molecule has 0 bridgehead atoms. The molecule has 2 aromatic rings. The third-order valence-corrected chi connectivity index (χ3v) is 4.63. The van der Waals surface area contributed by atoms with Crippen LogP contribution in [-0.2, 0) is 6.61 Å². The van der Waals surface area contributed by atoms with Gasteiger partial charge in [-0.05, 0) is 55.1 Å². The van der Waals surface area contributed by atoms with Crippen molar-refractivity contribution in [3.8, 4) is 17.2 Å². The molecule has 0 atom stereocenters. The number of benzene rings is 2. The highest BCUT2D eigenvalue weighted by Gasteiger charge is 2.16. The summed E-state index contributed by atoms with van der Waals surface area (Å²) in [6.07, 6.45) is 3.19. The van der Waals surface area contributed by atoms with Crippen molar-refractivity contribution in [3.63, 3.8) is 0 Å². The number of allylic oxidation sites excluding steroid dienone is 2. The number of non-ortho nitro benzene ring substituents is 1. The number of nitrogens with zero attached hydrogens (tertiary/aromatic N) is 4. The van der Waals surface area contributed by atoms with Crippen molar-refractivity contribution >= 4 is 11.3 Å². The molecule has 1 aliphatic rings. The van der Waals surface area contributed by atoms with Gasteiger partial charge in [0.05, 0.1) is 17.6 Å². The minimum absolute atomic E-state index is 0.0595. The Labute approximate surface area is 179 Å². The monoisotopic (exact) mass is 422 g/mol. The van der Waals surface area contributed by atoms with Crippen molar-refractivity contribution in [3.05, 3.63) is 86.5 Å². The van der Waals surface area contributed by atoms with Gasteiger partial charge in [0.25, 0.3) is 5.69 Å². The number of fused-ring (bicyclic) bond motifs is 1. The lowest BCUT2D eigenvalue weighted by molar-refractivity contribution is -0.385. The second kappa shape index (κ2) is 10.2. The molecule has 160 valence electrons. The summed E-state index contributed by atoms with van der Waals surface area (Å²) in [6, 6.07) is 9.98. The van der Waals surface area contributed by atoms with E-state index in [1.165, 1.54) is 12.1 Å². The van der Waals surface area contributed by atoms with Gasteiger partial charge >= 0.3 is 0 Å². The third-order valence-electron chi connectivity index (χ3n) is 4.63. The van der Waals surface area contributed by atoms with Crippen LogP contribution in [0.1, 0.15) is 30.9 Å². The summed E-state index contributed by atoms with van der Waals surface area (Å²) in [7, 11) is 0. The molecule has 0 spiro atoms. The summed E-state index contributed by atoms with van der Waals surface area (Å²) in [5, 5.41) is 14.6. The van der Waals surface area contributed by atoms with Crippen molar-refractivity contribution in [1.82, 2.24) is 0 Å². The first-order valence-corrected chi connectivity index (χ1v) is 9.71. The smallest absolute Gasteiger partial charge is 0.273 e. The lowest BCUT2D eigenvalue weighted by atomic mass is 10.0. The number of rotatable bonds is 10. The van der Waals surface area contributed by atoms with Gasteiger partial charge in [0.2, 0.25) is 0 Å². The van der Waals surface area contributed by atoms with E-state index < -0.39 is 4.92 Å². The lowest BCUT2D eigenvalue weighted by Gasteiger charge is -2.19. The largest absolute Gasteiger partial charge is 0.493 e. The fourth-order valence-corrected chi connectivity index (χ4v) is 3.08. The summed E-state index contributed by atoms with van der Waals surface area (Å²) in [5.74, 6) is 2.22. The predicted molar refractivity (Wildman–Crippen MR) is 116 cm³/mol. The first kappa shape index (κ1) is 21.7. The zero-order chi connectivity index (χ0) is 22.2. The number of azide groups is 1. The van der Waals surface area contributed by atoms with Crippen LogP contribution in [0.4, 0.5) is 5.69 Å². The van der Waals surface area contributed by atoms with Crippen LogP contribution in [0.5, 0.6) is 17.2 Å². The molecule has 9 heteroatoms. The molecule has 0 fully saturated rings. The summed E-state index contributed by atoms with van der Waals surface area (Å²) in [5.41, 5.74) is 11.0. The SMILES string of the molecule is C=C1C=C(C)c2ccc(OCc3ccc([N+](=O)[O-])cc3OCCCCN=[N+]=[N-])cc2O1. The number of unbranched alkanes of at least 4 members (excludes halogenated alkanes) is 1. The fourth-order valence-electron chi connectivity index (χ4n) is 3.08. The van der Waals surface area contributed by atoms with E-state index in [0.29, 0.717) is 54.6 Å². The highest BCUT2D eigenvalue weighted by Crippen LogP contribution is 2.36. The van der Waals surface area contributed by atoms with Crippen LogP contribution >= 0.6 is 0 Å². The molecule has 3 rings (SSSR count). The van der Waals surface area contributed by atoms with Crippen LogP contribution in [0.3, 0.4) is 0 Å². The molecule has 0 saturated carbocycles. The van der Waals surface area contributed by atoms with Gasteiger partial charge in [-0.3, -0.25) is 10.1 Å². The molecule has 0 unspecified atom stereocenters. The van der Waals surface area contributed by atoms with Crippen molar-refractivity contribution < 1.29 is 19.1 Å². The van der Waals surface area contributed by atoms with E-state index in [9.17, 15) is 10.1 Å². The molecule has 1 aliphatic heterocycles. The van der Waals surface area contributed by atoms with E-state index in [2.05, 4.69) is 16.6 Å². The van der Waals surface area contributed by atoms with Gasteiger partial charge in [0, 0.05) is 34.7 Å². The van der Waals surface area contributed by atoms with Crippen molar-refractivity contribution in [2.45, 2.75) is 26.4 Å². The van der Waals surface area contributed by atoms with Gasteiger partial charge in [-0.15, -0.1) is 0 Å². The Kier molecular flexibility index (Phi) is 7.13. The van der Waals surface area contributed by atoms with Gasteiger partial charge in [-0.25, -0.2) is 0 Å². The second-order valence-electron chi connectivity index (χ2n) is 6.90. The quantitative estimate of drug-likeness (QED) is 0.117. The maximum atomic E-state index is 11.1. The fraction of sp³-hybridized carbons (Fsp3) is 0.273. The van der Waals surface area contributed by atoms with E-state index in [4.69, 9.17) is 19.7 Å². The average Bonchev–Trinajstić information content (AvgIpc) is 2.74. The molecular formula is C22H22N4O5. The second-order valence-corrected chi connectivity index (χ2v) is 6.90. The standard InChI is InChI=1S/C22H22N4O5/c1-15-11-16(2)31-22-13-19(7-8-20(15)22)30-14-17-5-6-18(26(27)28)12-21(17)29-10-4-3-9-24-25-23/h5-8,11-13H,2-4,9-10,14H2,1H3. The molecular weight excluding hydrogens is 400 g/mol. The topological polar surface area (TPSA) is 120 Å². The summed E-state index contributed by atoms with van der Waals surface area (Å²) in [6.45, 7) is 6.72. The zero-order valence-corrected chi connectivity index (χ0v) is 17.1. The first-order chi connectivity index (χ1) is 15.0. The van der Waals surface area contributed by atoms with Crippen LogP contribution in [-0.4, -0.2) is 18.1 Å². The highest BCUT2D eigenvalue weighted by atomic mass is 16.6. The van der Waals surface area contributed by atoms with Gasteiger partial charge in [0.1, 0.15) is 29.6 Å². The van der Waals surface area contributed by atoms with E-state index in [0.717, 1.165) is 11.1 Å². The molecule has 0 saturated heterocycles. The molecule has 31 heavy (non-hydrogen) atoms. The Hall–Kier alpha value is -3.97. The Morgan fingerprint density at radius 2 is 2.06 bits per heavy atom. The Morgan fingerprint density at radius 1 is 1.23 bits per heavy atom. The molecule has 2 aromatic carbocycles. The molecule has 0 N–H and O–H groups in total. The first-order valence-electron chi connectivity index (χ1n) is 9.71. The molecule has 0 radical (unpaired) electrons. The molecule has 0 amide bonds. The average molecular weight is 422 g/mol. The van der Waals surface area contributed by atoms with Crippen LogP contribution < -0.4 is 14.2 Å². The maximum absolute atomic E-state index is 11.1. The normalized spacial score (nSPS) is 12.2. The van der Waals surface area contributed by atoms with E-state index >= 15 is 0 Å². The van der Waals surface area contributed by atoms with Gasteiger partial charge < -0.3 is 14.2 Å². The van der Waals surface area contributed by atoms with Crippen molar-refractivity contribution in [2.24, 2.45) is 5.11 Å². The molecule has 1 heterocycles. The summed E-state index contributed by atoms with van der Waals surface area (Å²) < 4.78 is 17.3. The highest BCUT2D eigenvalue weighted by molar-refractivity contribution is 5.74. The Balaban J connectivity index is 1.69. The van der Waals surface area contributed by atoms with Crippen LogP contribution in [0.2, 0.25) is 0 Å². The van der Waals surface area contributed by atoms with Gasteiger partial charge in [-0.1, -0.05) is 11.7 Å². The van der Waals surface area contributed by atoms with Crippen LogP contribution in [0.15, 0.2) is 59.9 Å². The Morgan fingerprint density at radius 3 is 2.84 bits per heavy atom.